The lowest BCUT2D eigenvalue weighted by Crippen LogP contribution is -2.12. The number of halogens is 2. The number of benzene rings is 2. The highest BCUT2D eigenvalue weighted by Gasteiger charge is 2.13. The molecule has 0 aliphatic heterocycles. The molecule has 6 heteroatoms. The molecule has 2 aromatic carbocycles. The highest BCUT2D eigenvalue weighted by atomic mass is 79.9. The Balaban J connectivity index is 2.19. The predicted octanol–water partition coefficient (Wildman–Crippen LogP) is 5.07. The summed E-state index contributed by atoms with van der Waals surface area (Å²) in [5.41, 5.74) is 1.72. The van der Waals surface area contributed by atoms with Crippen molar-refractivity contribution in [3.8, 4) is 5.75 Å². The van der Waals surface area contributed by atoms with Gasteiger partial charge >= 0.3 is 0 Å². The summed E-state index contributed by atoms with van der Waals surface area (Å²) in [6.07, 6.45) is 0. The quantitative estimate of drug-likeness (QED) is 0.660. The monoisotopic (exact) mass is 439 g/mol. The number of rotatable bonds is 5. The molecule has 120 valence electrons. The van der Waals surface area contributed by atoms with Gasteiger partial charge in [-0.3, -0.25) is 9.59 Å². The molecule has 1 N–H and O–H groups in total. The van der Waals surface area contributed by atoms with Gasteiger partial charge in [0.05, 0.1) is 15.6 Å². The van der Waals surface area contributed by atoms with Crippen LogP contribution < -0.4 is 10.1 Å². The Kier molecular flexibility index (Phi) is 5.96. The smallest absolute Gasteiger partial charge is 0.255 e. The van der Waals surface area contributed by atoms with E-state index >= 15 is 0 Å². The zero-order chi connectivity index (χ0) is 17.0. The van der Waals surface area contributed by atoms with Gasteiger partial charge in [0, 0.05) is 16.8 Å². The molecule has 4 nitrogen and oxygen atoms in total. The van der Waals surface area contributed by atoms with E-state index in [-0.39, 0.29) is 11.7 Å². The van der Waals surface area contributed by atoms with Gasteiger partial charge < -0.3 is 10.1 Å². The third-order valence-corrected chi connectivity index (χ3v) is 4.28. The summed E-state index contributed by atoms with van der Waals surface area (Å²) in [5, 5.41) is 2.80. The minimum absolute atomic E-state index is 0.0118. The van der Waals surface area contributed by atoms with Crippen LogP contribution in [0.25, 0.3) is 0 Å². The van der Waals surface area contributed by atoms with Crippen LogP contribution in [0.3, 0.4) is 0 Å². The van der Waals surface area contributed by atoms with Crippen LogP contribution in [-0.2, 0) is 0 Å². The summed E-state index contributed by atoms with van der Waals surface area (Å²) in [5.74, 6) is 0.405. The normalized spacial score (nSPS) is 10.3. The first-order valence-electron chi connectivity index (χ1n) is 6.96. The van der Waals surface area contributed by atoms with Crippen molar-refractivity contribution in [2.45, 2.75) is 13.8 Å². The number of nitrogens with one attached hydrogen (secondary N) is 1. The molecule has 0 aliphatic rings. The van der Waals surface area contributed by atoms with E-state index in [9.17, 15) is 9.59 Å². The molecule has 2 aromatic rings. The van der Waals surface area contributed by atoms with Crippen molar-refractivity contribution in [3.63, 3.8) is 0 Å². The lowest BCUT2D eigenvalue weighted by Gasteiger charge is -2.11. The molecule has 1 amide bonds. The van der Waals surface area contributed by atoms with Crippen molar-refractivity contribution in [1.29, 1.82) is 0 Å². The Hall–Kier alpha value is -1.66. The van der Waals surface area contributed by atoms with E-state index in [1.807, 2.05) is 6.92 Å². The van der Waals surface area contributed by atoms with Gasteiger partial charge in [-0.1, -0.05) is 0 Å². The number of Topliss-reactive ketones (excluding diaryl/α,β-unsaturated/α-hetero) is 1. The molecular formula is C17H15Br2NO3. The maximum absolute atomic E-state index is 12.3. The molecule has 0 atom stereocenters. The topological polar surface area (TPSA) is 55.4 Å². The van der Waals surface area contributed by atoms with Crippen molar-refractivity contribution in [3.05, 3.63) is 56.5 Å². The number of carbonyl (C=O) groups excluding carboxylic acids is 2. The SMILES string of the molecule is CCOc1c(Br)cc(C(=O)Nc2ccc(C(C)=O)cc2)cc1Br. The molecule has 0 fully saturated rings. The lowest BCUT2D eigenvalue weighted by molar-refractivity contribution is 0.101. The van der Waals surface area contributed by atoms with Crippen LogP contribution >= 0.6 is 31.9 Å². The Morgan fingerprint density at radius 2 is 1.61 bits per heavy atom. The van der Waals surface area contributed by atoms with Gasteiger partial charge in [0.2, 0.25) is 0 Å². The van der Waals surface area contributed by atoms with E-state index in [0.717, 1.165) is 0 Å². The van der Waals surface area contributed by atoms with Crippen molar-refractivity contribution >= 4 is 49.2 Å². The van der Waals surface area contributed by atoms with Crippen LogP contribution in [-0.4, -0.2) is 18.3 Å². The summed E-state index contributed by atoms with van der Waals surface area (Å²) >= 11 is 6.81. The second-order valence-corrected chi connectivity index (χ2v) is 6.50. The molecule has 0 radical (unpaired) electrons. The second kappa shape index (κ2) is 7.75. The zero-order valence-electron chi connectivity index (χ0n) is 12.7. The Morgan fingerprint density at radius 3 is 2.09 bits per heavy atom. The summed E-state index contributed by atoms with van der Waals surface area (Å²) in [4.78, 5) is 23.6. The van der Waals surface area contributed by atoms with E-state index in [1.165, 1.54) is 6.92 Å². The first kappa shape index (κ1) is 17.7. The van der Waals surface area contributed by atoms with E-state index in [1.54, 1.807) is 36.4 Å². The van der Waals surface area contributed by atoms with Crippen LogP contribution in [0.1, 0.15) is 34.6 Å². The number of hydrogen-bond acceptors (Lipinski definition) is 3. The first-order valence-corrected chi connectivity index (χ1v) is 8.55. The summed E-state index contributed by atoms with van der Waals surface area (Å²) in [6.45, 7) is 3.93. The number of carbonyl (C=O) groups is 2. The number of anilines is 1. The second-order valence-electron chi connectivity index (χ2n) is 4.79. The van der Waals surface area contributed by atoms with Gasteiger partial charge in [-0.25, -0.2) is 0 Å². The Labute approximate surface area is 151 Å². The average Bonchev–Trinajstić information content (AvgIpc) is 2.51. The molecule has 0 unspecified atom stereocenters. The predicted molar refractivity (Wildman–Crippen MR) is 97.4 cm³/mol. The van der Waals surface area contributed by atoms with Crippen LogP contribution in [0, 0.1) is 0 Å². The van der Waals surface area contributed by atoms with Crippen LogP contribution in [0.4, 0.5) is 5.69 Å². The minimum Gasteiger partial charge on any atom is -0.492 e. The van der Waals surface area contributed by atoms with Gasteiger partial charge in [0.1, 0.15) is 5.75 Å². The first-order chi connectivity index (χ1) is 10.9. The third kappa shape index (κ3) is 4.42. The lowest BCUT2D eigenvalue weighted by atomic mass is 10.1. The zero-order valence-corrected chi connectivity index (χ0v) is 15.8. The number of amides is 1. The Morgan fingerprint density at radius 1 is 1.04 bits per heavy atom. The average molecular weight is 441 g/mol. The largest absolute Gasteiger partial charge is 0.492 e. The molecule has 0 saturated heterocycles. The number of ether oxygens (including phenoxy) is 1. The van der Waals surface area contributed by atoms with Gasteiger partial charge in [-0.15, -0.1) is 0 Å². The molecule has 0 aromatic heterocycles. The van der Waals surface area contributed by atoms with Crippen LogP contribution in [0.15, 0.2) is 45.3 Å². The third-order valence-electron chi connectivity index (χ3n) is 3.10. The van der Waals surface area contributed by atoms with E-state index < -0.39 is 0 Å². The molecule has 2 rings (SSSR count). The highest BCUT2D eigenvalue weighted by molar-refractivity contribution is 9.11. The summed E-state index contributed by atoms with van der Waals surface area (Å²) in [7, 11) is 0. The molecule has 0 aliphatic carbocycles. The fourth-order valence-electron chi connectivity index (χ4n) is 1.96. The van der Waals surface area contributed by atoms with E-state index in [4.69, 9.17) is 4.74 Å². The van der Waals surface area contributed by atoms with Gasteiger partial charge in [0.25, 0.3) is 5.91 Å². The highest BCUT2D eigenvalue weighted by Crippen LogP contribution is 2.35. The number of hydrogen-bond donors (Lipinski definition) is 1. The van der Waals surface area contributed by atoms with Gasteiger partial charge in [-0.05, 0) is 82.1 Å². The molecular weight excluding hydrogens is 426 g/mol. The molecule has 0 spiro atoms. The van der Waals surface area contributed by atoms with Crippen molar-refractivity contribution in [2.24, 2.45) is 0 Å². The maximum atomic E-state index is 12.3. The fourth-order valence-corrected chi connectivity index (χ4v) is 3.38. The standard InChI is InChI=1S/C17H15Br2NO3/c1-3-23-16-14(18)8-12(9-15(16)19)17(22)20-13-6-4-11(5-7-13)10(2)21/h4-9H,3H2,1-2H3,(H,20,22). The van der Waals surface area contributed by atoms with Gasteiger partial charge in [0.15, 0.2) is 5.78 Å². The minimum atomic E-state index is -0.245. The van der Waals surface area contributed by atoms with Crippen molar-refractivity contribution in [1.82, 2.24) is 0 Å². The molecule has 0 saturated carbocycles. The fraction of sp³-hybridized carbons (Fsp3) is 0.176. The summed E-state index contributed by atoms with van der Waals surface area (Å²) in [6, 6.07) is 10.2. The molecule has 0 bridgehead atoms. The van der Waals surface area contributed by atoms with E-state index in [2.05, 4.69) is 37.2 Å². The number of ketones is 1. The van der Waals surface area contributed by atoms with E-state index in [0.29, 0.717) is 38.1 Å². The summed E-state index contributed by atoms with van der Waals surface area (Å²) < 4.78 is 6.90. The molecule has 0 heterocycles. The van der Waals surface area contributed by atoms with Crippen molar-refractivity contribution < 1.29 is 14.3 Å². The molecule has 23 heavy (non-hydrogen) atoms. The Bertz CT molecular complexity index is 719. The van der Waals surface area contributed by atoms with Crippen LogP contribution in [0.5, 0.6) is 5.75 Å². The van der Waals surface area contributed by atoms with Crippen LogP contribution in [0.2, 0.25) is 0 Å². The maximum Gasteiger partial charge on any atom is 0.255 e. The van der Waals surface area contributed by atoms with Crippen molar-refractivity contribution in [2.75, 3.05) is 11.9 Å². The van der Waals surface area contributed by atoms with Gasteiger partial charge in [-0.2, -0.15) is 0 Å².